The number of hydrogen-bond acceptors (Lipinski definition) is 2. The van der Waals surface area contributed by atoms with E-state index in [0.717, 1.165) is 24.8 Å². The molecule has 1 atom stereocenters. The number of benzene rings is 1. The summed E-state index contributed by atoms with van der Waals surface area (Å²) in [5.74, 6) is 0.601. The lowest BCUT2D eigenvalue weighted by Crippen LogP contribution is -2.35. The fourth-order valence-electron chi connectivity index (χ4n) is 3.68. The molecule has 3 rings (SSSR count). The Bertz CT molecular complexity index is 494. The fraction of sp³-hybridized carbons (Fsp3) is 0.611. The van der Waals surface area contributed by atoms with Crippen molar-refractivity contribution in [1.29, 1.82) is 0 Å². The monoisotopic (exact) mass is 301 g/mol. The van der Waals surface area contributed by atoms with Gasteiger partial charge in [0.15, 0.2) is 0 Å². The largest absolute Gasteiger partial charge is 0.338 e. The average molecular weight is 301 g/mol. The van der Waals surface area contributed by atoms with Crippen molar-refractivity contribution in [2.24, 2.45) is 5.92 Å². The fourth-order valence-corrected chi connectivity index (χ4v) is 3.68. The summed E-state index contributed by atoms with van der Waals surface area (Å²) in [5, 5.41) is 5.92. The summed E-state index contributed by atoms with van der Waals surface area (Å²) >= 11 is 0. The highest BCUT2D eigenvalue weighted by molar-refractivity contribution is 5.89. The Hall–Kier alpha value is -1.55. The topological polar surface area (TPSA) is 44.4 Å². The van der Waals surface area contributed by atoms with Crippen molar-refractivity contribution >= 4 is 11.7 Å². The molecule has 0 spiro atoms. The van der Waals surface area contributed by atoms with Gasteiger partial charge in [-0.2, -0.15) is 0 Å². The van der Waals surface area contributed by atoms with E-state index < -0.39 is 0 Å². The van der Waals surface area contributed by atoms with Crippen molar-refractivity contribution in [2.75, 3.05) is 25.0 Å². The van der Waals surface area contributed by atoms with Gasteiger partial charge >= 0.3 is 6.03 Å². The van der Waals surface area contributed by atoms with E-state index >= 15 is 0 Å². The van der Waals surface area contributed by atoms with Crippen LogP contribution in [0.2, 0.25) is 0 Å². The third-order valence-corrected chi connectivity index (χ3v) is 5.02. The molecule has 2 N–H and O–H groups in total. The molecule has 1 saturated heterocycles. The summed E-state index contributed by atoms with van der Waals surface area (Å²) < 4.78 is 0. The van der Waals surface area contributed by atoms with E-state index in [4.69, 9.17) is 0 Å². The minimum atomic E-state index is -0.0943. The maximum absolute atomic E-state index is 12.0. The van der Waals surface area contributed by atoms with E-state index in [-0.39, 0.29) is 6.03 Å². The minimum Gasteiger partial charge on any atom is -0.338 e. The molecule has 120 valence electrons. The van der Waals surface area contributed by atoms with Crippen LogP contribution in [0, 0.1) is 12.8 Å². The molecule has 1 aromatic rings. The van der Waals surface area contributed by atoms with Gasteiger partial charge < -0.3 is 15.5 Å². The summed E-state index contributed by atoms with van der Waals surface area (Å²) in [6, 6.07) is 8.60. The lowest BCUT2D eigenvalue weighted by atomic mass is 10.1. The van der Waals surface area contributed by atoms with E-state index in [1.165, 1.54) is 44.2 Å². The standard InChI is InChI=1S/C18H27N3O/c1-14-6-8-16(9-7-14)20-18(22)19-12-15-10-11-21(13-15)17-4-2-3-5-17/h6-9,15,17H,2-5,10-13H2,1H3,(H2,19,20,22)/t15-/m1/s1. The Labute approximate surface area is 133 Å². The molecule has 0 bridgehead atoms. The molecule has 0 aromatic heterocycles. The highest BCUT2D eigenvalue weighted by Gasteiger charge is 2.29. The van der Waals surface area contributed by atoms with Gasteiger partial charge in [0.1, 0.15) is 0 Å². The van der Waals surface area contributed by atoms with E-state index in [1.54, 1.807) is 0 Å². The molecule has 2 aliphatic rings. The van der Waals surface area contributed by atoms with Crippen LogP contribution in [0.3, 0.4) is 0 Å². The van der Waals surface area contributed by atoms with E-state index in [9.17, 15) is 4.79 Å². The summed E-state index contributed by atoms with van der Waals surface area (Å²) in [6.45, 7) is 5.17. The lowest BCUT2D eigenvalue weighted by Gasteiger charge is -2.23. The first-order valence-electron chi connectivity index (χ1n) is 8.56. The summed E-state index contributed by atoms with van der Waals surface area (Å²) in [6.07, 6.45) is 6.73. The smallest absolute Gasteiger partial charge is 0.319 e. The van der Waals surface area contributed by atoms with Crippen molar-refractivity contribution in [3.63, 3.8) is 0 Å². The average Bonchev–Trinajstić information content (AvgIpc) is 3.18. The van der Waals surface area contributed by atoms with Crippen LogP contribution in [0.15, 0.2) is 24.3 Å². The van der Waals surface area contributed by atoms with Crippen LogP contribution < -0.4 is 10.6 Å². The molecule has 22 heavy (non-hydrogen) atoms. The summed E-state index contributed by atoms with van der Waals surface area (Å²) in [5.41, 5.74) is 2.05. The number of nitrogens with zero attached hydrogens (tertiary/aromatic N) is 1. The summed E-state index contributed by atoms with van der Waals surface area (Å²) in [4.78, 5) is 14.6. The third-order valence-electron chi connectivity index (χ3n) is 5.02. The van der Waals surface area contributed by atoms with Crippen LogP contribution in [0.4, 0.5) is 10.5 Å². The van der Waals surface area contributed by atoms with Gasteiger partial charge in [-0.1, -0.05) is 30.5 Å². The number of nitrogens with one attached hydrogen (secondary N) is 2. The molecule has 4 heteroatoms. The number of anilines is 1. The first-order chi connectivity index (χ1) is 10.7. The molecule has 0 radical (unpaired) electrons. The molecule has 1 aliphatic heterocycles. The van der Waals surface area contributed by atoms with E-state index in [1.807, 2.05) is 31.2 Å². The molecule has 1 aliphatic carbocycles. The van der Waals surface area contributed by atoms with Crippen molar-refractivity contribution in [3.8, 4) is 0 Å². The SMILES string of the molecule is Cc1ccc(NC(=O)NC[C@H]2CCN(C3CCCC3)C2)cc1. The van der Waals surface area contributed by atoms with Gasteiger partial charge in [0.05, 0.1) is 0 Å². The van der Waals surface area contributed by atoms with Crippen molar-refractivity contribution in [1.82, 2.24) is 10.2 Å². The van der Waals surface area contributed by atoms with E-state index in [2.05, 4.69) is 15.5 Å². The van der Waals surface area contributed by atoms with Crippen molar-refractivity contribution in [3.05, 3.63) is 29.8 Å². The highest BCUT2D eigenvalue weighted by Crippen LogP contribution is 2.28. The lowest BCUT2D eigenvalue weighted by molar-refractivity contribution is 0.234. The second-order valence-electron chi connectivity index (χ2n) is 6.79. The Kier molecular flexibility index (Phi) is 4.98. The van der Waals surface area contributed by atoms with Crippen molar-refractivity contribution < 1.29 is 4.79 Å². The van der Waals surface area contributed by atoms with Gasteiger partial charge in [-0.3, -0.25) is 0 Å². The molecule has 1 heterocycles. The Morgan fingerprint density at radius 2 is 1.91 bits per heavy atom. The number of rotatable bonds is 4. The minimum absolute atomic E-state index is 0.0943. The predicted octanol–water partition coefficient (Wildman–Crippen LogP) is 3.38. The highest BCUT2D eigenvalue weighted by atomic mass is 16.2. The van der Waals surface area contributed by atoms with Crippen LogP contribution in [-0.2, 0) is 0 Å². The quantitative estimate of drug-likeness (QED) is 0.895. The Morgan fingerprint density at radius 1 is 1.18 bits per heavy atom. The van der Waals surface area contributed by atoms with Crippen LogP contribution in [-0.4, -0.2) is 36.6 Å². The number of carbonyl (C=O) groups excluding carboxylic acids is 1. The maximum Gasteiger partial charge on any atom is 0.319 e. The molecule has 4 nitrogen and oxygen atoms in total. The van der Waals surface area contributed by atoms with Gasteiger partial charge in [0.25, 0.3) is 0 Å². The predicted molar refractivity (Wildman–Crippen MR) is 90.1 cm³/mol. The zero-order chi connectivity index (χ0) is 15.4. The Balaban J connectivity index is 1.39. The van der Waals surface area contributed by atoms with Crippen molar-refractivity contribution in [2.45, 2.75) is 45.1 Å². The number of amides is 2. The molecule has 2 amide bonds. The molecule has 1 saturated carbocycles. The van der Waals surface area contributed by atoms with Gasteiger partial charge in [0, 0.05) is 24.8 Å². The van der Waals surface area contributed by atoms with Gasteiger partial charge in [-0.05, 0) is 50.8 Å². The number of hydrogen-bond donors (Lipinski definition) is 2. The second-order valence-corrected chi connectivity index (χ2v) is 6.79. The number of urea groups is 1. The Morgan fingerprint density at radius 3 is 2.64 bits per heavy atom. The zero-order valence-electron chi connectivity index (χ0n) is 13.5. The number of aryl methyl sites for hydroxylation is 1. The van der Waals surface area contributed by atoms with Crippen LogP contribution in [0.25, 0.3) is 0 Å². The van der Waals surface area contributed by atoms with Crippen LogP contribution >= 0.6 is 0 Å². The molecule has 0 unspecified atom stereocenters. The summed E-state index contributed by atoms with van der Waals surface area (Å²) in [7, 11) is 0. The molecule has 1 aromatic carbocycles. The molecule has 2 fully saturated rings. The van der Waals surface area contributed by atoms with Crippen LogP contribution in [0.5, 0.6) is 0 Å². The molecular weight excluding hydrogens is 274 g/mol. The first kappa shape index (κ1) is 15.3. The third kappa shape index (κ3) is 4.01. The van der Waals surface area contributed by atoms with E-state index in [0.29, 0.717) is 5.92 Å². The molecular formula is C18H27N3O. The van der Waals surface area contributed by atoms with Gasteiger partial charge in [-0.25, -0.2) is 4.79 Å². The second kappa shape index (κ2) is 7.14. The number of carbonyl (C=O) groups is 1. The van der Waals surface area contributed by atoms with Gasteiger partial charge in [-0.15, -0.1) is 0 Å². The zero-order valence-corrected chi connectivity index (χ0v) is 13.5. The number of likely N-dealkylation sites (tertiary alicyclic amines) is 1. The maximum atomic E-state index is 12.0. The first-order valence-corrected chi connectivity index (χ1v) is 8.56. The van der Waals surface area contributed by atoms with Crippen LogP contribution in [0.1, 0.15) is 37.7 Å². The van der Waals surface area contributed by atoms with Gasteiger partial charge in [0.2, 0.25) is 0 Å². The normalized spacial score (nSPS) is 22.9.